The number of rotatable bonds is 7. The summed E-state index contributed by atoms with van der Waals surface area (Å²) in [4.78, 5) is 13.4. The van der Waals surface area contributed by atoms with Gasteiger partial charge in [-0.05, 0) is 48.2 Å². The Bertz CT molecular complexity index is 1120. The molecule has 9 heteroatoms. The van der Waals surface area contributed by atoms with Crippen LogP contribution in [0.5, 0.6) is 0 Å². The Kier molecular flexibility index (Phi) is 6.68. The van der Waals surface area contributed by atoms with E-state index in [2.05, 4.69) is 10.5 Å². The summed E-state index contributed by atoms with van der Waals surface area (Å²) in [6, 6.07) is 16.6. The van der Waals surface area contributed by atoms with Crippen molar-refractivity contribution in [1.29, 1.82) is 0 Å². The van der Waals surface area contributed by atoms with Gasteiger partial charge in [0.15, 0.2) is 0 Å². The second-order valence-corrected chi connectivity index (χ2v) is 9.34. The Morgan fingerprint density at radius 2 is 1.93 bits per heavy atom. The maximum absolute atomic E-state index is 13.3. The van der Waals surface area contributed by atoms with Crippen molar-refractivity contribution in [3.8, 4) is 0 Å². The molecule has 1 amide bonds. The lowest BCUT2D eigenvalue weighted by molar-refractivity contribution is -0.119. The van der Waals surface area contributed by atoms with Gasteiger partial charge < -0.3 is 0 Å². The standard InChI is InChI=1S/C20H18ClN3O3S2/c1-15-9-10-16(21)12-19(15)24(29(26,27)18-7-3-2-4-8-18)14-20(25)23-22-13-17-6-5-11-28-17/h2-13H,14H2,1H3,(H,23,25)/b22-13-. The van der Waals surface area contributed by atoms with Crippen molar-refractivity contribution in [1.82, 2.24) is 5.43 Å². The smallest absolute Gasteiger partial charge is 0.264 e. The number of amides is 1. The van der Waals surface area contributed by atoms with E-state index in [4.69, 9.17) is 11.6 Å². The molecular formula is C20H18ClN3O3S2. The molecule has 3 rings (SSSR count). The molecule has 1 heterocycles. The summed E-state index contributed by atoms with van der Waals surface area (Å²) >= 11 is 7.56. The zero-order valence-corrected chi connectivity index (χ0v) is 17.8. The van der Waals surface area contributed by atoms with Crippen LogP contribution >= 0.6 is 22.9 Å². The number of carbonyl (C=O) groups is 1. The number of thiophene rings is 1. The van der Waals surface area contributed by atoms with Gasteiger partial charge in [-0.2, -0.15) is 5.10 Å². The van der Waals surface area contributed by atoms with E-state index in [9.17, 15) is 13.2 Å². The number of hydrogen-bond acceptors (Lipinski definition) is 5. The van der Waals surface area contributed by atoms with Crippen molar-refractivity contribution in [3.05, 3.63) is 81.5 Å². The predicted octanol–water partition coefficient (Wildman–Crippen LogP) is 4.06. The number of anilines is 1. The molecule has 6 nitrogen and oxygen atoms in total. The summed E-state index contributed by atoms with van der Waals surface area (Å²) in [7, 11) is -3.99. The number of hydrazone groups is 1. The van der Waals surface area contributed by atoms with E-state index in [-0.39, 0.29) is 4.90 Å². The summed E-state index contributed by atoms with van der Waals surface area (Å²) in [6.45, 7) is 1.31. The van der Waals surface area contributed by atoms with Crippen LogP contribution in [0.1, 0.15) is 10.4 Å². The minimum absolute atomic E-state index is 0.0780. The molecule has 0 saturated carbocycles. The summed E-state index contributed by atoms with van der Waals surface area (Å²) in [5.74, 6) is -0.573. The van der Waals surface area contributed by atoms with E-state index in [0.29, 0.717) is 16.3 Å². The Morgan fingerprint density at radius 3 is 2.62 bits per heavy atom. The number of carbonyl (C=O) groups excluding carboxylic acids is 1. The highest BCUT2D eigenvalue weighted by Gasteiger charge is 2.28. The molecule has 0 radical (unpaired) electrons. The van der Waals surface area contributed by atoms with Gasteiger partial charge >= 0.3 is 0 Å². The van der Waals surface area contributed by atoms with Gasteiger partial charge in [0.25, 0.3) is 15.9 Å². The molecule has 0 spiro atoms. The van der Waals surface area contributed by atoms with Gasteiger partial charge in [0.2, 0.25) is 0 Å². The monoisotopic (exact) mass is 447 g/mol. The zero-order chi connectivity index (χ0) is 20.9. The van der Waals surface area contributed by atoms with Crippen molar-refractivity contribution in [2.24, 2.45) is 5.10 Å². The molecule has 1 N–H and O–H groups in total. The highest BCUT2D eigenvalue weighted by Crippen LogP contribution is 2.29. The summed E-state index contributed by atoms with van der Waals surface area (Å²) in [5.41, 5.74) is 3.38. The molecule has 0 fully saturated rings. The van der Waals surface area contributed by atoms with Crippen LogP contribution in [0.25, 0.3) is 0 Å². The van der Waals surface area contributed by atoms with Crippen LogP contribution in [0.4, 0.5) is 5.69 Å². The first-order valence-electron chi connectivity index (χ1n) is 8.57. The average molecular weight is 448 g/mol. The normalized spacial score (nSPS) is 11.5. The third-order valence-electron chi connectivity index (χ3n) is 3.98. The maximum Gasteiger partial charge on any atom is 0.264 e. The van der Waals surface area contributed by atoms with Crippen molar-refractivity contribution < 1.29 is 13.2 Å². The molecule has 1 aromatic heterocycles. The Hall–Kier alpha value is -2.68. The summed E-state index contributed by atoms with van der Waals surface area (Å²) in [6.07, 6.45) is 1.50. The number of benzene rings is 2. The average Bonchev–Trinajstić information content (AvgIpc) is 3.22. The number of nitrogens with zero attached hydrogens (tertiary/aromatic N) is 2. The van der Waals surface area contributed by atoms with Crippen molar-refractivity contribution >= 4 is 50.8 Å². The van der Waals surface area contributed by atoms with Crippen LogP contribution in [0.15, 0.2) is 76.0 Å². The summed E-state index contributed by atoms with van der Waals surface area (Å²) < 4.78 is 27.6. The number of aryl methyl sites for hydroxylation is 1. The van der Waals surface area contributed by atoms with Crippen LogP contribution in [0.3, 0.4) is 0 Å². The lowest BCUT2D eigenvalue weighted by atomic mass is 10.2. The molecule has 29 heavy (non-hydrogen) atoms. The first-order valence-corrected chi connectivity index (χ1v) is 11.3. The molecule has 3 aromatic rings. The van der Waals surface area contributed by atoms with Gasteiger partial charge in [0.05, 0.1) is 16.8 Å². The fourth-order valence-electron chi connectivity index (χ4n) is 2.57. The fourth-order valence-corrected chi connectivity index (χ4v) is 4.82. The lowest BCUT2D eigenvalue weighted by Gasteiger charge is -2.25. The van der Waals surface area contributed by atoms with Crippen LogP contribution in [0, 0.1) is 6.92 Å². The minimum atomic E-state index is -3.99. The van der Waals surface area contributed by atoms with E-state index in [1.165, 1.54) is 35.8 Å². The first-order chi connectivity index (χ1) is 13.9. The SMILES string of the molecule is Cc1ccc(Cl)cc1N(CC(=O)N/N=C\c1cccs1)S(=O)(=O)c1ccccc1. The van der Waals surface area contributed by atoms with Crippen molar-refractivity contribution in [2.75, 3.05) is 10.8 Å². The molecule has 150 valence electrons. The quantitative estimate of drug-likeness (QED) is 0.438. The molecule has 0 aliphatic rings. The molecular weight excluding hydrogens is 430 g/mol. The van der Waals surface area contributed by atoms with Gasteiger partial charge in [-0.25, -0.2) is 13.8 Å². The van der Waals surface area contributed by atoms with Crippen LogP contribution in [-0.4, -0.2) is 27.1 Å². The molecule has 0 saturated heterocycles. The Labute approximate surface area is 178 Å². The maximum atomic E-state index is 13.3. The molecule has 0 aliphatic heterocycles. The number of sulfonamides is 1. The molecule has 0 bridgehead atoms. The fraction of sp³-hybridized carbons (Fsp3) is 0.100. The highest BCUT2D eigenvalue weighted by molar-refractivity contribution is 7.92. The van der Waals surface area contributed by atoms with Crippen molar-refractivity contribution in [2.45, 2.75) is 11.8 Å². The highest BCUT2D eigenvalue weighted by atomic mass is 35.5. The first kappa shape index (κ1) is 21.0. The summed E-state index contributed by atoms with van der Waals surface area (Å²) in [5, 5.41) is 6.15. The Morgan fingerprint density at radius 1 is 1.17 bits per heavy atom. The largest absolute Gasteiger partial charge is 0.271 e. The van der Waals surface area contributed by atoms with Crippen LogP contribution < -0.4 is 9.73 Å². The Balaban J connectivity index is 1.91. The second-order valence-electron chi connectivity index (χ2n) is 6.06. The van der Waals surface area contributed by atoms with Crippen LogP contribution in [-0.2, 0) is 14.8 Å². The number of halogens is 1. The van der Waals surface area contributed by atoms with Crippen LogP contribution in [0.2, 0.25) is 5.02 Å². The molecule has 0 unspecified atom stereocenters. The van der Waals surface area contributed by atoms with Crippen molar-refractivity contribution in [3.63, 3.8) is 0 Å². The topological polar surface area (TPSA) is 78.8 Å². The van der Waals surface area contributed by atoms with Gasteiger partial charge in [-0.3, -0.25) is 9.10 Å². The third-order valence-corrected chi connectivity index (χ3v) is 6.80. The number of hydrogen-bond donors (Lipinski definition) is 1. The zero-order valence-electron chi connectivity index (χ0n) is 15.4. The molecule has 0 aliphatic carbocycles. The van der Waals surface area contributed by atoms with E-state index in [0.717, 1.165) is 9.18 Å². The second kappa shape index (κ2) is 9.21. The van der Waals surface area contributed by atoms with Gasteiger partial charge in [0.1, 0.15) is 6.54 Å². The molecule has 0 atom stereocenters. The van der Waals surface area contributed by atoms with Gasteiger partial charge in [0, 0.05) is 9.90 Å². The minimum Gasteiger partial charge on any atom is -0.271 e. The van der Waals surface area contributed by atoms with Gasteiger partial charge in [-0.1, -0.05) is 41.9 Å². The van der Waals surface area contributed by atoms with E-state index in [1.54, 1.807) is 37.3 Å². The van der Waals surface area contributed by atoms with Gasteiger partial charge in [-0.15, -0.1) is 11.3 Å². The van der Waals surface area contributed by atoms with E-state index < -0.39 is 22.5 Å². The van der Waals surface area contributed by atoms with E-state index in [1.807, 2.05) is 17.5 Å². The lowest BCUT2D eigenvalue weighted by Crippen LogP contribution is -2.40. The third kappa shape index (κ3) is 5.23. The molecule has 2 aromatic carbocycles. The number of nitrogens with one attached hydrogen (secondary N) is 1. The predicted molar refractivity (Wildman–Crippen MR) is 117 cm³/mol. The van der Waals surface area contributed by atoms with E-state index >= 15 is 0 Å².